The first kappa shape index (κ1) is 21.9. The van der Waals surface area contributed by atoms with Crippen molar-refractivity contribution in [3.63, 3.8) is 0 Å². The molecule has 3 aromatic rings. The number of hydrogen-bond acceptors (Lipinski definition) is 6. The zero-order chi connectivity index (χ0) is 22.9. The van der Waals surface area contributed by atoms with Crippen molar-refractivity contribution in [2.45, 2.75) is 45.2 Å². The molecule has 8 nitrogen and oxygen atoms in total. The summed E-state index contributed by atoms with van der Waals surface area (Å²) in [5, 5.41) is 6.68. The highest BCUT2D eigenvalue weighted by Crippen LogP contribution is 2.33. The number of amides is 1. The van der Waals surface area contributed by atoms with E-state index in [4.69, 9.17) is 0 Å². The first-order valence-electron chi connectivity index (χ1n) is 10.4. The van der Waals surface area contributed by atoms with Crippen LogP contribution in [0.5, 0.6) is 0 Å². The van der Waals surface area contributed by atoms with Gasteiger partial charge in [0.15, 0.2) is 0 Å². The number of pyridine rings is 1. The number of anilines is 2. The van der Waals surface area contributed by atoms with Gasteiger partial charge in [-0.25, -0.2) is 9.78 Å². The van der Waals surface area contributed by atoms with Crippen molar-refractivity contribution >= 4 is 38.8 Å². The molecule has 0 radical (unpaired) electrons. The van der Waals surface area contributed by atoms with Crippen LogP contribution in [0, 0.1) is 0 Å². The van der Waals surface area contributed by atoms with E-state index in [0.717, 1.165) is 29.6 Å². The minimum absolute atomic E-state index is 0.221. The fourth-order valence-electron chi connectivity index (χ4n) is 3.75. The molecule has 0 bridgehead atoms. The van der Waals surface area contributed by atoms with Crippen LogP contribution in [-0.2, 0) is 20.9 Å². The second-order valence-electron chi connectivity index (χ2n) is 8.84. The Morgan fingerprint density at radius 2 is 1.88 bits per heavy atom. The van der Waals surface area contributed by atoms with Gasteiger partial charge in [0, 0.05) is 10.9 Å². The maximum absolute atomic E-state index is 12.2. The van der Waals surface area contributed by atoms with Gasteiger partial charge in [0.05, 0.1) is 17.2 Å². The standard InChI is InChI=1S/C23H26N4O4S/c1-23(2,3)26-22(28)31-32(29,30)27-17-10-12-19-16(14-17)9-13-21(24-19)25-20-11-8-15-6-4-5-7-18(15)20/h4-7,9-10,12-14,20,27H,8,11H2,1-3H3,(H,24,25)(H,26,28)/t20-/m1/s1. The molecule has 168 valence electrons. The minimum Gasteiger partial charge on any atom is -0.363 e. The summed E-state index contributed by atoms with van der Waals surface area (Å²) in [5.74, 6) is 0.759. The van der Waals surface area contributed by atoms with Crippen LogP contribution in [0.15, 0.2) is 54.6 Å². The van der Waals surface area contributed by atoms with Gasteiger partial charge in [-0.2, -0.15) is 8.42 Å². The summed E-state index contributed by atoms with van der Waals surface area (Å²) in [6.07, 6.45) is 1.01. The molecule has 1 atom stereocenters. The Kier molecular flexibility index (Phi) is 5.68. The SMILES string of the molecule is CC(C)(C)NC(=O)OS(=O)(=O)Nc1ccc2nc(N[C@@H]3CCc4ccccc43)ccc2c1. The summed E-state index contributed by atoms with van der Waals surface area (Å²) >= 11 is 0. The van der Waals surface area contributed by atoms with Gasteiger partial charge in [-0.1, -0.05) is 24.3 Å². The van der Waals surface area contributed by atoms with Crippen molar-refractivity contribution < 1.29 is 17.4 Å². The van der Waals surface area contributed by atoms with E-state index in [9.17, 15) is 13.2 Å². The van der Waals surface area contributed by atoms with Crippen LogP contribution in [0.2, 0.25) is 0 Å². The predicted octanol–water partition coefficient (Wildman–Crippen LogP) is 4.52. The fourth-order valence-corrected chi connectivity index (χ4v) is 4.45. The summed E-state index contributed by atoms with van der Waals surface area (Å²) < 4.78 is 31.1. The third kappa shape index (κ3) is 5.28. The molecular weight excluding hydrogens is 428 g/mol. The zero-order valence-corrected chi connectivity index (χ0v) is 19.0. The van der Waals surface area contributed by atoms with Crippen molar-refractivity contribution in [3.05, 3.63) is 65.7 Å². The summed E-state index contributed by atoms with van der Waals surface area (Å²) in [6.45, 7) is 5.16. The lowest BCUT2D eigenvalue weighted by molar-refractivity contribution is 0.193. The molecule has 1 aliphatic rings. The summed E-state index contributed by atoms with van der Waals surface area (Å²) in [5.41, 5.74) is 3.03. The van der Waals surface area contributed by atoms with E-state index in [1.54, 1.807) is 39.0 Å². The minimum atomic E-state index is -4.32. The van der Waals surface area contributed by atoms with Crippen LogP contribution >= 0.6 is 0 Å². The van der Waals surface area contributed by atoms with Gasteiger partial charge in [0.2, 0.25) is 0 Å². The van der Waals surface area contributed by atoms with Crippen LogP contribution < -0.4 is 15.4 Å². The van der Waals surface area contributed by atoms with Gasteiger partial charge in [0.1, 0.15) is 5.82 Å². The maximum atomic E-state index is 12.2. The molecule has 0 saturated heterocycles. The third-order valence-electron chi connectivity index (χ3n) is 5.05. The highest BCUT2D eigenvalue weighted by atomic mass is 32.2. The molecule has 0 fully saturated rings. The van der Waals surface area contributed by atoms with Crippen LogP contribution in [-0.4, -0.2) is 25.0 Å². The van der Waals surface area contributed by atoms with Crippen molar-refractivity contribution in [1.82, 2.24) is 10.3 Å². The number of aryl methyl sites for hydroxylation is 1. The molecule has 0 aliphatic heterocycles. The Balaban J connectivity index is 1.46. The number of carbonyl (C=O) groups excluding carboxylic acids is 1. The second-order valence-corrected chi connectivity index (χ2v) is 10.1. The van der Waals surface area contributed by atoms with Gasteiger partial charge in [-0.05, 0) is 75.1 Å². The summed E-state index contributed by atoms with van der Waals surface area (Å²) in [4.78, 5) is 16.4. The Bertz CT molecular complexity index is 1270. The molecule has 9 heteroatoms. The molecular formula is C23H26N4O4S. The van der Waals surface area contributed by atoms with Crippen molar-refractivity contribution in [3.8, 4) is 0 Å². The monoisotopic (exact) mass is 454 g/mol. The number of hydrogen-bond donors (Lipinski definition) is 3. The lowest BCUT2D eigenvalue weighted by atomic mass is 10.1. The molecule has 3 N–H and O–H groups in total. The van der Waals surface area contributed by atoms with E-state index in [1.165, 1.54) is 11.1 Å². The number of benzene rings is 2. The maximum Gasteiger partial charge on any atom is 0.424 e. The number of carbonyl (C=O) groups is 1. The quantitative estimate of drug-likeness (QED) is 0.523. The molecule has 1 amide bonds. The van der Waals surface area contributed by atoms with E-state index < -0.39 is 21.9 Å². The number of nitrogens with one attached hydrogen (secondary N) is 3. The Labute approximate surface area is 187 Å². The van der Waals surface area contributed by atoms with Crippen molar-refractivity contribution in [1.29, 1.82) is 0 Å². The lowest BCUT2D eigenvalue weighted by Crippen LogP contribution is -2.42. The fraction of sp³-hybridized carbons (Fsp3) is 0.304. The second kappa shape index (κ2) is 8.31. The van der Waals surface area contributed by atoms with Gasteiger partial charge in [0.25, 0.3) is 0 Å². The largest absolute Gasteiger partial charge is 0.424 e. The molecule has 2 aromatic carbocycles. The van der Waals surface area contributed by atoms with Gasteiger partial charge in [-0.15, -0.1) is 0 Å². The van der Waals surface area contributed by atoms with E-state index in [2.05, 4.69) is 42.7 Å². The molecule has 1 heterocycles. The molecule has 4 rings (SSSR count). The van der Waals surface area contributed by atoms with Gasteiger partial charge >= 0.3 is 16.4 Å². The van der Waals surface area contributed by atoms with Gasteiger partial charge < -0.3 is 14.8 Å². The Hall–Kier alpha value is -3.33. The molecule has 0 unspecified atom stereocenters. The number of rotatable bonds is 5. The average molecular weight is 455 g/mol. The third-order valence-corrected chi connectivity index (χ3v) is 5.91. The molecule has 1 aromatic heterocycles. The van der Waals surface area contributed by atoms with Crippen molar-refractivity contribution in [2.75, 3.05) is 10.0 Å². The van der Waals surface area contributed by atoms with Crippen LogP contribution in [0.1, 0.15) is 44.4 Å². The highest BCUT2D eigenvalue weighted by molar-refractivity contribution is 7.88. The number of fused-ring (bicyclic) bond motifs is 2. The van der Waals surface area contributed by atoms with Crippen LogP contribution in [0.3, 0.4) is 0 Å². The predicted molar refractivity (Wildman–Crippen MR) is 125 cm³/mol. The van der Waals surface area contributed by atoms with Crippen molar-refractivity contribution in [2.24, 2.45) is 0 Å². The highest BCUT2D eigenvalue weighted by Gasteiger charge is 2.23. The van der Waals surface area contributed by atoms with E-state index in [1.807, 2.05) is 18.2 Å². The van der Waals surface area contributed by atoms with Crippen LogP contribution in [0.4, 0.5) is 16.3 Å². The summed E-state index contributed by atoms with van der Waals surface area (Å²) in [7, 11) is -4.32. The van der Waals surface area contributed by atoms with E-state index in [-0.39, 0.29) is 11.7 Å². The smallest absolute Gasteiger partial charge is 0.363 e. The van der Waals surface area contributed by atoms with E-state index in [0.29, 0.717) is 0 Å². The van der Waals surface area contributed by atoms with Crippen LogP contribution in [0.25, 0.3) is 10.9 Å². The lowest BCUT2D eigenvalue weighted by Gasteiger charge is -2.19. The van der Waals surface area contributed by atoms with Gasteiger partial charge in [-0.3, -0.25) is 4.72 Å². The summed E-state index contributed by atoms with van der Waals surface area (Å²) in [6, 6.07) is 17.3. The Morgan fingerprint density at radius 1 is 1.09 bits per heavy atom. The topological polar surface area (TPSA) is 109 Å². The normalized spacial score (nSPS) is 15.8. The molecule has 0 spiro atoms. The molecule has 0 saturated carbocycles. The average Bonchev–Trinajstić information content (AvgIpc) is 3.08. The van der Waals surface area contributed by atoms with E-state index >= 15 is 0 Å². The number of nitrogens with zero attached hydrogens (tertiary/aromatic N) is 1. The number of aromatic nitrogens is 1. The zero-order valence-electron chi connectivity index (χ0n) is 18.2. The molecule has 1 aliphatic carbocycles. The first-order chi connectivity index (χ1) is 15.1. The first-order valence-corrected chi connectivity index (χ1v) is 11.8. The Morgan fingerprint density at radius 3 is 2.66 bits per heavy atom. The molecule has 32 heavy (non-hydrogen) atoms.